The molecule has 1 aromatic heterocycles. The van der Waals surface area contributed by atoms with Gasteiger partial charge in [0, 0.05) is 17.0 Å². The zero-order valence-corrected chi connectivity index (χ0v) is 13.7. The van der Waals surface area contributed by atoms with Crippen LogP contribution in [0.2, 0.25) is 0 Å². The Morgan fingerprint density at radius 1 is 1.08 bits per heavy atom. The van der Waals surface area contributed by atoms with E-state index in [0.29, 0.717) is 10.8 Å². The molecule has 3 rings (SSSR count). The molecule has 0 aliphatic heterocycles. The first kappa shape index (κ1) is 18.0. The molecular weight excluding hydrogens is 373 g/mol. The van der Waals surface area contributed by atoms with Crippen LogP contribution < -0.4 is 5.43 Å². The highest BCUT2D eigenvalue weighted by atomic mass is 32.1. The molecule has 26 heavy (non-hydrogen) atoms. The molecule has 0 spiro atoms. The average Bonchev–Trinajstić information content (AvgIpc) is 3.03. The lowest BCUT2D eigenvalue weighted by atomic mass is 10.1. The van der Waals surface area contributed by atoms with Gasteiger partial charge in [-0.1, -0.05) is 12.1 Å². The first-order valence-electron chi connectivity index (χ1n) is 7.20. The minimum absolute atomic E-state index is 0.137. The van der Waals surface area contributed by atoms with Gasteiger partial charge in [0.1, 0.15) is 11.6 Å². The quantitative estimate of drug-likeness (QED) is 0.364. The van der Waals surface area contributed by atoms with Crippen molar-refractivity contribution in [1.82, 2.24) is 4.98 Å². The average molecular weight is 383 g/mol. The van der Waals surface area contributed by atoms with Crippen molar-refractivity contribution >= 4 is 22.7 Å². The van der Waals surface area contributed by atoms with E-state index in [2.05, 4.69) is 15.5 Å². The van der Waals surface area contributed by atoms with Crippen molar-refractivity contribution in [3.63, 3.8) is 0 Å². The number of hydrogen-bond acceptors (Lipinski definition) is 4. The summed E-state index contributed by atoms with van der Waals surface area (Å²) in [4.78, 5) is 4.11. The molecule has 3 aromatic rings. The largest absolute Gasteiger partial charge is 0.416 e. The molecule has 0 bridgehead atoms. The van der Waals surface area contributed by atoms with Crippen molar-refractivity contribution in [1.29, 1.82) is 0 Å². The van der Waals surface area contributed by atoms with Gasteiger partial charge in [0.05, 0.1) is 17.5 Å². The maximum Gasteiger partial charge on any atom is 0.416 e. The molecular formula is C17H10F5N3S. The molecule has 1 heterocycles. The summed E-state index contributed by atoms with van der Waals surface area (Å²) in [5, 5.41) is 5.70. The monoisotopic (exact) mass is 383 g/mol. The molecule has 2 aromatic carbocycles. The van der Waals surface area contributed by atoms with Crippen LogP contribution in [0.1, 0.15) is 11.1 Å². The maximum atomic E-state index is 13.7. The molecule has 0 aliphatic rings. The van der Waals surface area contributed by atoms with Crippen LogP contribution in [0.25, 0.3) is 11.3 Å². The number of aromatic nitrogens is 1. The molecule has 134 valence electrons. The number of hydrogen-bond donors (Lipinski definition) is 1. The van der Waals surface area contributed by atoms with Crippen LogP contribution in [-0.4, -0.2) is 11.2 Å². The summed E-state index contributed by atoms with van der Waals surface area (Å²) < 4.78 is 64.6. The number of halogens is 5. The van der Waals surface area contributed by atoms with Crippen molar-refractivity contribution in [2.45, 2.75) is 6.18 Å². The number of thiazole rings is 1. The normalized spacial score (nSPS) is 11.9. The number of nitrogens with one attached hydrogen (secondary N) is 1. The van der Waals surface area contributed by atoms with Gasteiger partial charge in [-0.05, 0) is 29.8 Å². The zero-order valence-electron chi connectivity index (χ0n) is 12.9. The van der Waals surface area contributed by atoms with Crippen LogP contribution >= 0.6 is 11.3 Å². The highest BCUT2D eigenvalue weighted by Crippen LogP contribution is 2.29. The van der Waals surface area contributed by atoms with E-state index in [0.717, 1.165) is 35.6 Å². The number of nitrogens with zero attached hydrogens (tertiary/aromatic N) is 2. The predicted octanol–water partition coefficient (Wildman–Crippen LogP) is 5.55. The maximum absolute atomic E-state index is 13.7. The van der Waals surface area contributed by atoms with E-state index in [1.54, 1.807) is 5.38 Å². The van der Waals surface area contributed by atoms with E-state index in [4.69, 9.17) is 0 Å². The summed E-state index contributed by atoms with van der Waals surface area (Å²) in [7, 11) is 0. The van der Waals surface area contributed by atoms with Crippen molar-refractivity contribution < 1.29 is 22.0 Å². The third kappa shape index (κ3) is 4.23. The second-order valence-corrected chi connectivity index (χ2v) is 6.01. The molecule has 0 saturated carbocycles. The molecule has 0 fully saturated rings. The summed E-state index contributed by atoms with van der Waals surface area (Å²) in [6.07, 6.45) is -3.21. The van der Waals surface area contributed by atoms with E-state index in [1.807, 2.05) is 0 Å². The van der Waals surface area contributed by atoms with E-state index < -0.39 is 23.4 Å². The number of rotatable bonds is 4. The Labute approximate surface area is 148 Å². The fourth-order valence-electron chi connectivity index (χ4n) is 2.10. The van der Waals surface area contributed by atoms with Crippen LogP contribution in [-0.2, 0) is 6.18 Å². The SMILES string of the molecule is Fc1ccc(-c2csc(NN=Cc3cccc(C(F)(F)F)c3)n2)c(F)c1. The second-order valence-electron chi connectivity index (χ2n) is 5.16. The lowest BCUT2D eigenvalue weighted by molar-refractivity contribution is -0.137. The van der Waals surface area contributed by atoms with Gasteiger partial charge >= 0.3 is 6.18 Å². The standard InChI is InChI=1S/C17H10F5N3S/c18-12-4-5-13(14(19)7-12)15-9-26-16(24-15)25-23-8-10-2-1-3-11(6-10)17(20,21)22/h1-9H,(H,24,25). The fraction of sp³-hybridized carbons (Fsp3) is 0.0588. The third-order valence-electron chi connectivity index (χ3n) is 3.30. The van der Waals surface area contributed by atoms with Gasteiger partial charge in [-0.25, -0.2) is 13.8 Å². The van der Waals surface area contributed by atoms with Crippen LogP contribution in [0.15, 0.2) is 52.9 Å². The van der Waals surface area contributed by atoms with Gasteiger partial charge in [-0.3, -0.25) is 5.43 Å². The Kier molecular flexibility index (Phi) is 4.99. The Balaban J connectivity index is 1.71. The smallest absolute Gasteiger partial charge is 0.253 e. The summed E-state index contributed by atoms with van der Waals surface area (Å²) in [6.45, 7) is 0. The lowest BCUT2D eigenvalue weighted by Crippen LogP contribution is -2.05. The van der Waals surface area contributed by atoms with Gasteiger partial charge in [-0.2, -0.15) is 18.3 Å². The highest BCUT2D eigenvalue weighted by Gasteiger charge is 2.30. The molecule has 0 aliphatic carbocycles. The van der Waals surface area contributed by atoms with Gasteiger partial charge in [0.2, 0.25) is 5.13 Å². The first-order valence-corrected chi connectivity index (χ1v) is 8.08. The fourth-order valence-corrected chi connectivity index (χ4v) is 2.76. The number of benzene rings is 2. The van der Waals surface area contributed by atoms with E-state index in [9.17, 15) is 22.0 Å². The van der Waals surface area contributed by atoms with Gasteiger partial charge in [0.15, 0.2) is 0 Å². The third-order valence-corrected chi connectivity index (χ3v) is 4.05. The molecule has 0 saturated heterocycles. The Bertz CT molecular complexity index is 950. The van der Waals surface area contributed by atoms with Gasteiger partial charge < -0.3 is 0 Å². The molecule has 9 heteroatoms. The number of alkyl halides is 3. The van der Waals surface area contributed by atoms with Crippen molar-refractivity contribution in [3.05, 3.63) is 70.6 Å². The number of hydrazone groups is 1. The highest BCUT2D eigenvalue weighted by molar-refractivity contribution is 7.14. The second kappa shape index (κ2) is 7.20. The molecule has 0 radical (unpaired) electrons. The zero-order chi connectivity index (χ0) is 18.7. The van der Waals surface area contributed by atoms with E-state index in [1.165, 1.54) is 24.4 Å². The topological polar surface area (TPSA) is 37.3 Å². The minimum atomic E-state index is -4.43. The van der Waals surface area contributed by atoms with Crippen LogP contribution in [0, 0.1) is 11.6 Å². The van der Waals surface area contributed by atoms with Crippen molar-refractivity contribution in [3.8, 4) is 11.3 Å². The summed E-state index contributed by atoms with van der Waals surface area (Å²) in [5.41, 5.74) is 2.49. The van der Waals surface area contributed by atoms with Gasteiger partial charge in [0.25, 0.3) is 0 Å². The molecule has 0 unspecified atom stereocenters. The van der Waals surface area contributed by atoms with Crippen molar-refractivity contribution in [2.75, 3.05) is 5.43 Å². The van der Waals surface area contributed by atoms with Crippen LogP contribution in [0.3, 0.4) is 0 Å². The Morgan fingerprint density at radius 3 is 2.62 bits per heavy atom. The van der Waals surface area contributed by atoms with Crippen LogP contribution in [0.5, 0.6) is 0 Å². The predicted molar refractivity (Wildman–Crippen MR) is 90.1 cm³/mol. The minimum Gasteiger partial charge on any atom is -0.253 e. The Morgan fingerprint density at radius 2 is 1.88 bits per heavy atom. The molecule has 1 N–H and O–H groups in total. The lowest BCUT2D eigenvalue weighted by Gasteiger charge is -2.06. The molecule has 3 nitrogen and oxygen atoms in total. The van der Waals surface area contributed by atoms with Crippen molar-refractivity contribution in [2.24, 2.45) is 5.10 Å². The molecule has 0 amide bonds. The van der Waals surface area contributed by atoms with Gasteiger partial charge in [-0.15, -0.1) is 11.3 Å². The number of anilines is 1. The summed E-state index contributed by atoms with van der Waals surface area (Å²) in [5.74, 6) is -1.43. The summed E-state index contributed by atoms with van der Waals surface area (Å²) in [6, 6.07) is 7.84. The first-order chi connectivity index (χ1) is 12.3. The van der Waals surface area contributed by atoms with E-state index >= 15 is 0 Å². The molecule has 0 atom stereocenters. The summed E-state index contributed by atoms with van der Waals surface area (Å²) >= 11 is 1.12. The Hall–Kier alpha value is -2.81. The van der Waals surface area contributed by atoms with E-state index in [-0.39, 0.29) is 11.1 Å². The van der Waals surface area contributed by atoms with Crippen LogP contribution in [0.4, 0.5) is 27.1 Å².